The van der Waals surface area contributed by atoms with E-state index >= 15 is 0 Å². The molecule has 0 radical (unpaired) electrons. The molecule has 0 saturated carbocycles. The van der Waals surface area contributed by atoms with Crippen molar-refractivity contribution < 1.29 is 18.0 Å². The molecule has 0 aromatic heterocycles. The molecule has 3 nitrogen and oxygen atoms in total. The molecular weight excluding hydrogens is 461 g/mol. The molecule has 0 saturated heterocycles. The molecule has 36 heavy (non-hydrogen) atoms. The lowest BCUT2D eigenvalue weighted by molar-refractivity contribution is -0.137. The first-order valence-corrected chi connectivity index (χ1v) is 12.2. The van der Waals surface area contributed by atoms with Crippen molar-refractivity contribution >= 4 is 17.2 Å². The van der Waals surface area contributed by atoms with E-state index in [2.05, 4.69) is 55.7 Å². The van der Waals surface area contributed by atoms with Crippen LogP contribution in [0.3, 0.4) is 0 Å². The number of ketones is 1. The third kappa shape index (κ3) is 4.64. The van der Waals surface area contributed by atoms with Crippen LogP contribution in [-0.2, 0) is 16.4 Å². The molecule has 1 aliphatic heterocycles. The number of carbonyl (C=O) groups is 1. The summed E-state index contributed by atoms with van der Waals surface area (Å²) in [6.45, 7) is 6.51. The van der Waals surface area contributed by atoms with Crippen molar-refractivity contribution in [1.82, 2.24) is 0 Å². The minimum absolute atomic E-state index is 0.00106. The van der Waals surface area contributed by atoms with Gasteiger partial charge in [-0.25, -0.2) is 0 Å². The van der Waals surface area contributed by atoms with Gasteiger partial charge in [0.1, 0.15) is 0 Å². The molecule has 0 fully saturated rings. The van der Waals surface area contributed by atoms with Crippen LogP contribution in [0.4, 0.5) is 24.5 Å². The predicted molar refractivity (Wildman–Crippen MR) is 137 cm³/mol. The number of hydrogen-bond acceptors (Lipinski definition) is 3. The van der Waals surface area contributed by atoms with Crippen LogP contribution in [0.5, 0.6) is 0 Å². The van der Waals surface area contributed by atoms with Gasteiger partial charge in [-0.05, 0) is 58.7 Å². The number of halogens is 3. The van der Waals surface area contributed by atoms with Crippen LogP contribution in [0, 0.1) is 0 Å². The van der Waals surface area contributed by atoms with Crippen molar-refractivity contribution in [3.05, 3.63) is 106 Å². The Morgan fingerprint density at radius 3 is 1.94 bits per heavy atom. The summed E-state index contributed by atoms with van der Waals surface area (Å²) in [6, 6.07) is 20.7. The Kier molecular flexibility index (Phi) is 5.93. The molecule has 5 rings (SSSR count). The minimum atomic E-state index is -4.41. The van der Waals surface area contributed by atoms with Crippen LogP contribution >= 0.6 is 0 Å². The fourth-order valence-electron chi connectivity index (χ4n) is 5.10. The van der Waals surface area contributed by atoms with E-state index in [0.717, 1.165) is 34.8 Å². The second-order valence-corrected chi connectivity index (χ2v) is 10.7. The van der Waals surface area contributed by atoms with Gasteiger partial charge in [0.2, 0.25) is 0 Å². The highest BCUT2D eigenvalue weighted by Gasteiger charge is 2.37. The topological polar surface area (TPSA) is 41.1 Å². The first kappa shape index (κ1) is 24.2. The summed E-state index contributed by atoms with van der Waals surface area (Å²) in [5.41, 5.74) is 5.36. The Hall–Kier alpha value is -3.54. The van der Waals surface area contributed by atoms with Crippen molar-refractivity contribution in [1.29, 1.82) is 0 Å². The third-order valence-electron chi connectivity index (χ3n) is 7.13. The maximum atomic E-state index is 13.6. The van der Waals surface area contributed by atoms with Crippen LogP contribution in [0.2, 0.25) is 0 Å². The quantitative estimate of drug-likeness (QED) is 0.383. The Morgan fingerprint density at radius 2 is 1.33 bits per heavy atom. The number of anilines is 2. The Bertz CT molecular complexity index is 1320. The molecule has 0 bridgehead atoms. The summed E-state index contributed by atoms with van der Waals surface area (Å²) in [7, 11) is 0. The maximum Gasteiger partial charge on any atom is 0.416 e. The van der Waals surface area contributed by atoms with Gasteiger partial charge >= 0.3 is 6.18 Å². The number of carbonyl (C=O) groups excluding carboxylic acids is 1. The number of alkyl halides is 3. The van der Waals surface area contributed by atoms with Gasteiger partial charge in [-0.1, -0.05) is 69.3 Å². The van der Waals surface area contributed by atoms with Crippen LogP contribution in [0.15, 0.2) is 84.1 Å². The van der Waals surface area contributed by atoms with Gasteiger partial charge in [-0.15, -0.1) is 0 Å². The van der Waals surface area contributed by atoms with Crippen molar-refractivity contribution in [2.24, 2.45) is 0 Å². The summed E-state index contributed by atoms with van der Waals surface area (Å²) in [6.07, 6.45) is -3.42. The van der Waals surface area contributed by atoms with E-state index in [1.54, 1.807) is 0 Å². The van der Waals surface area contributed by atoms with E-state index in [-0.39, 0.29) is 17.1 Å². The molecule has 6 heteroatoms. The molecule has 3 aromatic carbocycles. The van der Waals surface area contributed by atoms with Gasteiger partial charge in [0.15, 0.2) is 5.78 Å². The average molecular weight is 491 g/mol. The molecule has 1 aliphatic carbocycles. The van der Waals surface area contributed by atoms with Gasteiger partial charge in [0.25, 0.3) is 0 Å². The average Bonchev–Trinajstić information content (AvgIpc) is 3.00. The van der Waals surface area contributed by atoms with E-state index in [4.69, 9.17) is 0 Å². The van der Waals surface area contributed by atoms with E-state index in [1.807, 2.05) is 24.3 Å². The van der Waals surface area contributed by atoms with Crippen LogP contribution in [0.1, 0.15) is 67.8 Å². The molecule has 2 aliphatic rings. The van der Waals surface area contributed by atoms with E-state index in [9.17, 15) is 18.0 Å². The van der Waals surface area contributed by atoms with Crippen molar-refractivity contribution in [2.45, 2.75) is 57.2 Å². The number of rotatable bonds is 2. The zero-order valence-corrected chi connectivity index (χ0v) is 20.5. The van der Waals surface area contributed by atoms with Gasteiger partial charge in [0.05, 0.1) is 23.0 Å². The molecule has 0 spiro atoms. The Labute approximate surface area is 209 Å². The molecule has 1 heterocycles. The summed E-state index contributed by atoms with van der Waals surface area (Å²) in [5, 5.41) is 6.90. The first-order chi connectivity index (χ1) is 17.0. The number of fused-ring (bicyclic) bond motifs is 1. The monoisotopic (exact) mass is 490 g/mol. The summed E-state index contributed by atoms with van der Waals surface area (Å²) < 4.78 is 39.5. The second kappa shape index (κ2) is 8.84. The largest absolute Gasteiger partial charge is 0.416 e. The standard InChI is InChI=1S/C30H29F3N2O/c1-29(2,3)21-12-8-18(9-13-21)20-16-25-27(26(36)17-20)28(35-24-7-5-4-6-23(24)34-25)19-10-14-22(15-11-19)30(31,32)33/h4-15,20,28,34-35H,16-17H2,1-3H3. The second-order valence-electron chi connectivity index (χ2n) is 10.7. The molecule has 186 valence electrons. The van der Waals surface area contributed by atoms with Gasteiger partial charge in [-0.2, -0.15) is 13.2 Å². The number of allylic oxidation sites excluding steroid dienone is 1. The molecule has 0 amide bonds. The zero-order valence-electron chi connectivity index (χ0n) is 20.5. The number of para-hydroxylation sites is 2. The van der Waals surface area contributed by atoms with Crippen molar-refractivity contribution in [3.63, 3.8) is 0 Å². The fraction of sp³-hybridized carbons (Fsp3) is 0.300. The number of hydrogen-bond donors (Lipinski definition) is 2. The summed E-state index contributed by atoms with van der Waals surface area (Å²) in [4.78, 5) is 13.6. The highest BCUT2D eigenvalue weighted by Crippen LogP contribution is 2.44. The summed E-state index contributed by atoms with van der Waals surface area (Å²) in [5.74, 6) is 0.0233. The fourth-order valence-corrected chi connectivity index (χ4v) is 5.10. The van der Waals surface area contributed by atoms with Crippen molar-refractivity contribution in [2.75, 3.05) is 10.6 Å². The van der Waals surface area contributed by atoms with E-state index in [1.165, 1.54) is 17.7 Å². The van der Waals surface area contributed by atoms with Crippen LogP contribution in [0.25, 0.3) is 0 Å². The van der Waals surface area contributed by atoms with E-state index < -0.39 is 17.8 Å². The first-order valence-electron chi connectivity index (χ1n) is 12.2. The lowest BCUT2D eigenvalue weighted by Gasteiger charge is -2.30. The van der Waals surface area contributed by atoms with Gasteiger partial charge < -0.3 is 10.6 Å². The van der Waals surface area contributed by atoms with Crippen LogP contribution < -0.4 is 10.6 Å². The Balaban J connectivity index is 1.53. The highest BCUT2D eigenvalue weighted by atomic mass is 19.4. The zero-order chi connectivity index (χ0) is 25.7. The third-order valence-corrected chi connectivity index (χ3v) is 7.13. The van der Waals surface area contributed by atoms with Gasteiger partial charge in [0, 0.05) is 17.7 Å². The lowest BCUT2D eigenvalue weighted by Crippen LogP contribution is -2.27. The summed E-state index contributed by atoms with van der Waals surface area (Å²) >= 11 is 0. The SMILES string of the molecule is CC(C)(C)c1ccc(C2CC(=O)C3=C(C2)Nc2ccccc2NC3c2ccc(C(F)(F)F)cc2)cc1. The molecule has 2 unspecified atom stereocenters. The van der Waals surface area contributed by atoms with Crippen LogP contribution in [-0.4, -0.2) is 5.78 Å². The predicted octanol–water partition coefficient (Wildman–Crippen LogP) is 7.98. The molecule has 2 atom stereocenters. The smallest absolute Gasteiger partial charge is 0.372 e. The van der Waals surface area contributed by atoms with E-state index in [0.29, 0.717) is 24.0 Å². The maximum absolute atomic E-state index is 13.6. The highest BCUT2D eigenvalue weighted by molar-refractivity contribution is 6.01. The van der Waals surface area contributed by atoms with Crippen molar-refractivity contribution in [3.8, 4) is 0 Å². The number of benzene rings is 3. The normalized spacial score (nSPS) is 20.1. The number of Topliss-reactive ketones (excluding diaryl/α,β-unsaturated/α-hetero) is 1. The van der Waals surface area contributed by atoms with Gasteiger partial charge in [-0.3, -0.25) is 4.79 Å². The lowest BCUT2D eigenvalue weighted by atomic mass is 9.77. The minimum Gasteiger partial charge on any atom is -0.372 e. The molecule has 2 N–H and O–H groups in total. The molecule has 3 aromatic rings. The number of nitrogens with one attached hydrogen (secondary N) is 2. The molecular formula is C30H29F3N2O. The Morgan fingerprint density at radius 1 is 0.750 bits per heavy atom.